The number of anilines is 1. The van der Waals surface area contributed by atoms with Gasteiger partial charge in [-0.1, -0.05) is 41.6 Å². The van der Waals surface area contributed by atoms with Gasteiger partial charge in [0.15, 0.2) is 11.0 Å². The average molecular weight is 397 g/mol. The van der Waals surface area contributed by atoms with E-state index in [2.05, 4.69) is 21.6 Å². The summed E-state index contributed by atoms with van der Waals surface area (Å²) in [4.78, 5) is 12.4. The summed E-state index contributed by atoms with van der Waals surface area (Å²) in [5.74, 6) is 1.67. The number of para-hydroxylation sites is 1. The lowest BCUT2D eigenvalue weighted by molar-refractivity contribution is -0.113. The molecule has 0 bridgehead atoms. The van der Waals surface area contributed by atoms with E-state index in [1.54, 1.807) is 7.11 Å². The van der Waals surface area contributed by atoms with Crippen molar-refractivity contribution >= 4 is 23.4 Å². The smallest absolute Gasteiger partial charge is 0.234 e. The van der Waals surface area contributed by atoms with Crippen molar-refractivity contribution in [3.63, 3.8) is 0 Å². The molecule has 1 amide bonds. The molecule has 0 aliphatic carbocycles. The zero-order valence-electron chi connectivity index (χ0n) is 16.5. The number of carbonyl (C=O) groups is 1. The van der Waals surface area contributed by atoms with Crippen LogP contribution in [0.15, 0.2) is 47.6 Å². The summed E-state index contributed by atoms with van der Waals surface area (Å²) >= 11 is 1.37. The molecule has 0 unspecified atom stereocenters. The van der Waals surface area contributed by atoms with Gasteiger partial charge in [0.1, 0.15) is 5.75 Å². The minimum absolute atomic E-state index is 0.0681. The number of nitrogens with zero attached hydrogens (tertiary/aromatic N) is 3. The van der Waals surface area contributed by atoms with Crippen molar-refractivity contribution in [3.05, 3.63) is 53.6 Å². The lowest BCUT2D eigenvalue weighted by Gasteiger charge is -2.11. The Morgan fingerprint density at radius 3 is 2.68 bits per heavy atom. The Hall–Kier alpha value is -2.80. The third-order valence-electron chi connectivity index (χ3n) is 4.37. The molecule has 7 heteroatoms. The van der Waals surface area contributed by atoms with Crippen molar-refractivity contribution < 1.29 is 9.53 Å². The Balaban J connectivity index is 1.73. The van der Waals surface area contributed by atoms with Crippen LogP contribution in [0.3, 0.4) is 0 Å². The number of thioether (sulfide) groups is 1. The molecule has 1 aromatic heterocycles. The monoisotopic (exact) mass is 396 g/mol. The number of carbonyl (C=O) groups excluding carboxylic acids is 1. The predicted molar refractivity (Wildman–Crippen MR) is 113 cm³/mol. The number of methoxy groups -OCH3 is 1. The standard InChI is InChI=1S/C21H24N4O2S/c1-5-25-20(16-8-6-7-9-18(16)27-4)23-24-21(25)28-13-19(26)22-17-11-10-14(2)12-15(17)3/h6-12H,5,13H2,1-4H3,(H,22,26). The van der Waals surface area contributed by atoms with E-state index < -0.39 is 0 Å². The first-order valence-corrected chi connectivity index (χ1v) is 10.1. The molecule has 0 saturated heterocycles. The first-order valence-electron chi connectivity index (χ1n) is 9.10. The maximum Gasteiger partial charge on any atom is 0.234 e. The fourth-order valence-electron chi connectivity index (χ4n) is 2.98. The number of ether oxygens (including phenoxy) is 1. The number of aromatic nitrogens is 3. The molecule has 0 radical (unpaired) electrons. The van der Waals surface area contributed by atoms with E-state index in [0.29, 0.717) is 11.7 Å². The van der Waals surface area contributed by atoms with Gasteiger partial charge in [0.25, 0.3) is 0 Å². The van der Waals surface area contributed by atoms with Crippen LogP contribution < -0.4 is 10.1 Å². The Morgan fingerprint density at radius 2 is 1.96 bits per heavy atom. The lowest BCUT2D eigenvalue weighted by Crippen LogP contribution is -2.15. The molecule has 1 N–H and O–H groups in total. The molecule has 0 aliphatic heterocycles. The molecule has 6 nitrogen and oxygen atoms in total. The van der Waals surface area contributed by atoms with Gasteiger partial charge in [-0.05, 0) is 44.5 Å². The lowest BCUT2D eigenvalue weighted by atomic mass is 10.1. The highest BCUT2D eigenvalue weighted by molar-refractivity contribution is 7.99. The van der Waals surface area contributed by atoms with E-state index in [1.807, 2.05) is 61.7 Å². The van der Waals surface area contributed by atoms with Gasteiger partial charge >= 0.3 is 0 Å². The quantitative estimate of drug-likeness (QED) is 0.602. The third-order valence-corrected chi connectivity index (χ3v) is 5.34. The van der Waals surface area contributed by atoms with Crippen LogP contribution in [0.1, 0.15) is 18.1 Å². The van der Waals surface area contributed by atoms with Crippen molar-refractivity contribution in [2.75, 3.05) is 18.2 Å². The third kappa shape index (κ3) is 4.36. The largest absolute Gasteiger partial charge is 0.496 e. The van der Waals surface area contributed by atoms with Gasteiger partial charge in [0.05, 0.1) is 18.4 Å². The van der Waals surface area contributed by atoms with Gasteiger partial charge < -0.3 is 14.6 Å². The van der Waals surface area contributed by atoms with E-state index in [4.69, 9.17) is 4.74 Å². The summed E-state index contributed by atoms with van der Waals surface area (Å²) in [7, 11) is 1.64. The predicted octanol–water partition coefficient (Wildman–Crippen LogP) is 4.32. The van der Waals surface area contributed by atoms with Crippen molar-refractivity contribution in [1.29, 1.82) is 0 Å². The molecular weight excluding hydrogens is 372 g/mol. The number of hydrogen-bond acceptors (Lipinski definition) is 5. The van der Waals surface area contributed by atoms with Crippen LogP contribution in [0.5, 0.6) is 5.75 Å². The first-order chi connectivity index (χ1) is 13.5. The van der Waals surface area contributed by atoms with Crippen molar-refractivity contribution in [1.82, 2.24) is 14.8 Å². The van der Waals surface area contributed by atoms with E-state index in [9.17, 15) is 4.79 Å². The van der Waals surface area contributed by atoms with Gasteiger partial charge in [-0.2, -0.15) is 0 Å². The fraction of sp³-hybridized carbons (Fsp3) is 0.286. The number of hydrogen-bond donors (Lipinski definition) is 1. The summed E-state index contributed by atoms with van der Waals surface area (Å²) in [6.07, 6.45) is 0. The molecule has 0 fully saturated rings. The zero-order chi connectivity index (χ0) is 20.1. The molecule has 3 aromatic rings. The van der Waals surface area contributed by atoms with Gasteiger partial charge in [0.2, 0.25) is 5.91 Å². The van der Waals surface area contributed by atoms with E-state index >= 15 is 0 Å². The Bertz CT molecular complexity index is 984. The molecule has 28 heavy (non-hydrogen) atoms. The SMILES string of the molecule is CCn1c(SCC(=O)Nc2ccc(C)cc2C)nnc1-c1ccccc1OC. The number of aryl methyl sites for hydroxylation is 2. The summed E-state index contributed by atoms with van der Waals surface area (Å²) in [5.41, 5.74) is 3.94. The van der Waals surface area contributed by atoms with Crippen molar-refractivity contribution in [3.8, 4) is 17.1 Å². The number of nitrogens with one attached hydrogen (secondary N) is 1. The van der Waals surface area contributed by atoms with Crippen LogP contribution >= 0.6 is 11.8 Å². The van der Waals surface area contributed by atoms with Crippen LogP contribution in [0, 0.1) is 13.8 Å². The minimum atomic E-state index is -0.0681. The van der Waals surface area contributed by atoms with Gasteiger partial charge in [-0.3, -0.25) is 4.79 Å². The van der Waals surface area contributed by atoms with E-state index in [0.717, 1.165) is 28.4 Å². The average Bonchev–Trinajstić information content (AvgIpc) is 3.11. The van der Waals surface area contributed by atoms with E-state index in [1.165, 1.54) is 17.3 Å². The second-order valence-electron chi connectivity index (χ2n) is 6.41. The van der Waals surface area contributed by atoms with Crippen LogP contribution in [-0.4, -0.2) is 33.5 Å². The topological polar surface area (TPSA) is 69.0 Å². The van der Waals surface area contributed by atoms with Crippen molar-refractivity contribution in [2.24, 2.45) is 0 Å². The van der Waals surface area contributed by atoms with Crippen LogP contribution in [-0.2, 0) is 11.3 Å². The molecule has 0 saturated carbocycles. The molecule has 1 heterocycles. The highest BCUT2D eigenvalue weighted by atomic mass is 32.2. The molecule has 3 rings (SSSR count). The molecule has 146 valence electrons. The zero-order valence-corrected chi connectivity index (χ0v) is 17.3. The Morgan fingerprint density at radius 1 is 1.18 bits per heavy atom. The van der Waals surface area contributed by atoms with Gasteiger partial charge in [-0.15, -0.1) is 10.2 Å². The maximum absolute atomic E-state index is 12.4. The normalized spacial score (nSPS) is 10.7. The van der Waals surface area contributed by atoms with Gasteiger partial charge in [0, 0.05) is 12.2 Å². The number of benzene rings is 2. The fourth-order valence-corrected chi connectivity index (χ4v) is 3.78. The second-order valence-corrected chi connectivity index (χ2v) is 7.35. The number of amides is 1. The maximum atomic E-state index is 12.4. The molecule has 2 aromatic carbocycles. The summed E-state index contributed by atoms with van der Waals surface area (Å²) in [5, 5.41) is 12.3. The van der Waals surface area contributed by atoms with Crippen molar-refractivity contribution in [2.45, 2.75) is 32.5 Å². The Labute approximate surface area is 169 Å². The summed E-state index contributed by atoms with van der Waals surface area (Å²) in [6, 6.07) is 13.7. The number of rotatable bonds is 7. The van der Waals surface area contributed by atoms with Crippen LogP contribution in [0.25, 0.3) is 11.4 Å². The summed E-state index contributed by atoms with van der Waals surface area (Å²) < 4.78 is 7.43. The van der Waals surface area contributed by atoms with Gasteiger partial charge in [-0.25, -0.2) is 0 Å². The summed E-state index contributed by atoms with van der Waals surface area (Å²) in [6.45, 7) is 6.75. The highest BCUT2D eigenvalue weighted by Gasteiger charge is 2.17. The minimum Gasteiger partial charge on any atom is -0.496 e. The Kier molecular flexibility index (Phi) is 6.36. The first kappa shape index (κ1) is 19.9. The molecule has 0 aliphatic rings. The second kappa shape index (κ2) is 8.93. The van der Waals surface area contributed by atoms with Crippen LogP contribution in [0.4, 0.5) is 5.69 Å². The van der Waals surface area contributed by atoms with E-state index in [-0.39, 0.29) is 11.7 Å². The molecular formula is C21H24N4O2S. The highest BCUT2D eigenvalue weighted by Crippen LogP contribution is 2.30. The van der Waals surface area contributed by atoms with Crippen LogP contribution in [0.2, 0.25) is 0 Å². The molecule has 0 spiro atoms. The molecule has 0 atom stereocenters.